The average Bonchev–Trinajstić information content (AvgIpc) is 3.27. The molecule has 0 aromatic rings. The predicted octanol–water partition coefficient (Wildman–Crippen LogP) is 16.6. The highest BCUT2D eigenvalue weighted by Crippen LogP contribution is 2.12. The number of carbonyl (C=O) groups excluding carboxylic acids is 3. The maximum Gasteiger partial charge on any atom is 0.306 e. The molecule has 6 heteroatoms. The number of esters is 3. The van der Waals surface area contributed by atoms with Crippen LogP contribution < -0.4 is 0 Å². The van der Waals surface area contributed by atoms with Crippen LogP contribution in [0.5, 0.6) is 0 Å². The van der Waals surface area contributed by atoms with Gasteiger partial charge in [-0.3, -0.25) is 14.4 Å². The van der Waals surface area contributed by atoms with Gasteiger partial charge >= 0.3 is 17.9 Å². The summed E-state index contributed by atoms with van der Waals surface area (Å²) in [6.07, 6.45) is 65.3. The molecule has 0 aromatic carbocycles. The Morgan fingerprint density at radius 1 is 0.339 bits per heavy atom. The molecule has 0 amide bonds. The Morgan fingerprint density at radius 3 is 1.06 bits per heavy atom. The minimum atomic E-state index is -0.818. The Balaban J connectivity index is 4.55. The fourth-order valence-corrected chi connectivity index (χ4v) is 6.49. The third-order valence-corrected chi connectivity index (χ3v) is 10.3. The first-order valence-corrected chi connectivity index (χ1v) is 25.2. The summed E-state index contributed by atoms with van der Waals surface area (Å²) in [6.45, 7) is 6.39. The molecule has 0 saturated carbocycles. The third kappa shape index (κ3) is 47.4. The summed E-state index contributed by atoms with van der Waals surface area (Å²) in [7, 11) is 0. The fourth-order valence-electron chi connectivity index (χ4n) is 6.49. The number of hydrogen-bond donors (Lipinski definition) is 0. The largest absolute Gasteiger partial charge is 0.462 e. The molecule has 0 aliphatic carbocycles. The summed E-state index contributed by atoms with van der Waals surface area (Å²) < 4.78 is 16.7. The van der Waals surface area contributed by atoms with Crippen LogP contribution in [-0.2, 0) is 28.6 Å². The highest BCUT2D eigenvalue weighted by molar-refractivity contribution is 5.71. The summed E-state index contributed by atoms with van der Waals surface area (Å²) in [5, 5.41) is 0. The van der Waals surface area contributed by atoms with E-state index in [1.165, 1.54) is 70.6 Å². The van der Waals surface area contributed by atoms with Gasteiger partial charge in [0.2, 0.25) is 0 Å². The molecule has 0 fully saturated rings. The van der Waals surface area contributed by atoms with Crippen molar-refractivity contribution in [2.75, 3.05) is 13.2 Å². The van der Waals surface area contributed by atoms with Crippen LogP contribution in [0.4, 0.5) is 0 Å². The van der Waals surface area contributed by atoms with Crippen molar-refractivity contribution in [3.8, 4) is 0 Å². The monoisotopic (exact) mass is 861 g/mol. The van der Waals surface area contributed by atoms with Gasteiger partial charge in [0, 0.05) is 19.3 Å². The molecule has 1 atom stereocenters. The molecule has 0 aliphatic heterocycles. The van der Waals surface area contributed by atoms with Crippen LogP contribution >= 0.6 is 0 Å². The number of rotatable bonds is 44. The first-order chi connectivity index (χ1) is 30.5. The van der Waals surface area contributed by atoms with E-state index in [-0.39, 0.29) is 37.5 Å². The molecular weight excluding hydrogens is 769 g/mol. The first kappa shape index (κ1) is 58.3. The maximum atomic E-state index is 12.8. The van der Waals surface area contributed by atoms with Crippen LogP contribution in [0.3, 0.4) is 0 Å². The van der Waals surface area contributed by atoms with Gasteiger partial charge in [0.05, 0.1) is 0 Å². The van der Waals surface area contributed by atoms with Gasteiger partial charge in [-0.25, -0.2) is 0 Å². The van der Waals surface area contributed by atoms with E-state index in [1.807, 2.05) is 0 Å². The van der Waals surface area contributed by atoms with Gasteiger partial charge in [-0.1, -0.05) is 176 Å². The lowest BCUT2D eigenvalue weighted by molar-refractivity contribution is -0.167. The topological polar surface area (TPSA) is 78.9 Å². The van der Waals surface area contributed by atoms with Gasteiger partial charge in [0.1, 0.15) is 13.2 Å². The van der Waals surface area contributed by atoms with E-state index >= 15 is 0 Å². The fraction of sp³-hybridized carbons (Fsp3) is 0.661. The van der Waals surface area contributed by atoms with E-state index in [2.05, 4.69) is 118 Å². The summed E-state index contributed by atoms with van der Waals surface area (Å²) in [4.78, 5) is 37.9. The van der Waals surface area contributed by atoms with E-state index in [0.29, 0.717) is 25.7 Å². The van der Waals surface area contributed by atoms with Gasteiger partial charge in [0.25, 0.3) is 0 Å². The lowest BCUT2D eigenvalue weighted by Crippen LogP contribution is -2.30. The molecule has 352 valence electrons. The molecule has 0 aromatic heterocycles. The lowest BCUT2D eigenvalue weighted by Gasteiger charge is -2.18. The molecule has 6 nitrogen and oxygen atoms in total. The highest BCUT2D eigenvalue weighted by atomic mass is 16.6. The van der Waals surface area contributed by atoms with Crippen molar-refractivity contribution in [2.45, 2.75) is 226 Å². The summed E-state index contributed by atoms with van der Waals surface area (Å²) >= 11 is 0. The molecule has 0 heterocycles. The van der Waals surface area contributed by atoms with Crippen LogP contribution in [-0.4, -0.2) is 37.2 Å². The van der Waals surface area contributed by atoms with Gasteiger partial charge < -0.3 is 14.2 Å². The molecule has 0 unspecified atom stereocenters. The van der Waals surface area contributed by atoms with Crippen molar-refractivity contribution in [1.29, 1.82) is 0 Å². The standard InChI is InChI=1S/C56H92O6/c1-4-7-10-13-16-19-22-25-28-31-34-37-40-43-46-49-55(58)61-52-53(51-60-54(57)48-45-42-39-36-33-30-27-24-21-18-15-12-9-6-3)62-56(59)50-47-44-41-38-35-32-29-26-23-20-17-14-11-8-5-2/h7,10,16-17,19-20,24-29,34-35,37-38,53H,4-6,8-9,11-15,18,21-23,30-33,36,39-52H2,1-3H3/b10-7-,19-16-,20-17-,27-24-,28-25-,29-26-,37-34-,38-35-/t53-/m1/s1. The van der Waals surface area contributed by atoms with E-state index in [0.717, 1.165) is 96.3 Å². The molecule has 0 radical (unpaired) electrons. The highest BCUT2D eigenvalue weighted by Gasteiger charge is 2.19. The van der Waals surface area contributed by atoms with Crippen molar-refractivity contribution in [3.05, 3.63) is 97.2 Å². The zero-order valence-corrected chi connectivity index (χ0v) is 40.1. The van der Waals surface area contributed by atoms with E-state index in [9.17, 15) is 14.4 Å². The van der Waals surface area contributed by atoms with Gasteiger partial charge in [-0.05, 0) is 122 Å². The van der Waals surface area contributed by atoms with Crippen molar-refractivity contribution >= 4 is 17.9 Å². The smallest absolute Gasteiger partial charge is 0.306 e. The van der Waals surface area contributed by atoms with E-state index in [4.69, 9.17) is 14.2 Å². The van der Waals surface area contributed by atoms with Crippen molar-refractivity contribution < 1.29 is 28.6 Å². The quantitative estimate of drug-likeness (QED) is 0.0263. The number of ether oxygens (including phenoxy) is 3. The zero-order valence-electron chi connectivity index (χ0n) is 40.1. The number of unbranched alkanes of at least 4 members (excludes halogenated alkanes) is 17. The summed E-state index contributed by atoms with van der Waals surface area (Å²) in [6, 6.07) is 0. The van der Waals surface area contributed by atoms with Gasteiger partial charge in [0.15, 0.2) is 6.10 Å². The van der Waals surface area contributed by atoms with Crippen LogP contribution in [0.15, 0.2) is 97.2 Å². The second-order valence-electron chi connectivity index (χ2n) is 16.3. The molecule has 0 N–H and O–H groups in total. The molecule has 0 bridgehead atoms. The second-order valence-corrected chi connectivity index (χ2v) is 16.3. The minimum absolute atomic E-state index is 0.112. The molecule has 0 spiro atoms. The lowest BCUT2D eigenvalue weighted by atomic mass is 10.1. The Labute approximate surface area is 381 Å². The third-order valence-electron chi connectivity index (χ3n) is 10.3. The first-order valence-electron chi connectivity index (χ1n) is 25.2. The number of hydrogen-bond acceptors (Lipinski definition) is 6. The van der Waals surface area contributed by atoms with Crippen LogP contribution in [0.25, 0.3) is 0 Å². The number of allylic oxidation sites excluding steroid dienone is 16. The normalized spacial score (nSPS) is 12.9. The Kier molecular flexibility index (Phi) is 47.0. The zero-order chi connectivity index (χ0) is 45.1. The van der Waals surface area contributed by atoms with Crippen LogP contribution in [0.2, 0.25) is 0 Å². The van der Waals surface area contributed by atoms with Crippen LogP contribution in [0.1, 0.15) is 220 Å². The SMILES string of the molecule is CC/C=C\C/C=C\C/C=C\C/C=C\CCCCC(=O)OC[C@@H](COC(=O)CCCCCCC/C=C\CCCCCCC)OC(=O)CCCC/C=C\C/C=C\C/C=C\CCCCC. The van der Waals surface area contributed by atoms with Gasteiger partial charge in [-0.15, -0.1) is 0 Å². The molecule has 0 saturated heterocycles. The Bertz CT molecular complexity index is 1260. The predicted molar refractivity (Wildman–Crippen MR) is 265 cm³/mol. The van der Waals surface area contributed by atoms with Crippen molar-refractivity contribution in [1.82, 2.24) is 0 Å². The average molecular weight is 861 g/mol. The van der Waals surface area contributed by atoms with Gasteiger partial charge in [-0.2, -0.15) is 0 Å². The summed E-state index contributed by atoms with van der Waals surface area (Å²) in [5.74, 6) is -1.01. The number of carbonyl (C=O) groups is 3. The Morgan fingerprint density at radius 2 is 0.629 bits per heavy atom. The molecule has 0 aliphatic rings. The minimum Gasteiger partial charge on any atom is -0.462 e. The van der Waals surface area contributed by atoms with Crippen LogP contribution in [0, 0.1) is 0 Å². The van der Waals surface area contributed by atoms with E-state index in [1.54, 1.807) is 0 Å². The van der Waals surface area contributed by atoms with Crippen molar-refractivity contribution in [2.24, 2.45) is 0 Å². The van der Waals surface area contributed by atoms with E-state index < -0.39 is 6.10 Å². The molecule has 62 heavy (non-hydrogen) atoms. The summed E-state index contributed by atoms with van der Waals surface area (Å²) in [5.41, 5.74) is 0. The Hall–Kier alpha value is -3.67. The maximum absolute atomic E-state index is 12.8. The molecule has 0 rings (SSSR count). The van der Waals surface area contributed by atoms with Crippen molar-refractivity contribution in [3.63, 3.8) is 0 Å². The second kappa shape index (κ2) is 50.0. The molecular formula is C56H92O6.